The van der Waals surface area contributed by atoms with Gasteiger partial charge in [0.15, 0.2) is 5.82 Å². The molecule has 0 aliphatic rings. The van der Waals surface area contributed by atoms with Crippen LogP contribution in [0.4, 0.5) is 0 Å². The number of nitrogens with one attached hydrogen (secondary N) is 1. The Morgan fingerprint density at radius 3 is 2.05 bits per heavy atom. The van der Waals surface area contributed by atoms with Crippen LogP contribution in [0, 0.1) is 0 Å². The molecule has 1 N–H and O–H groups in total. The Kier molecular flexibility index (Phi) is 5.07. The first-order chi connectivity index (χ1) is 10.7. The van der Waals surface area contributed by atoms with Crippen LogP contribution in [-0.4, -0.2) is 42.2 Å². The quantitative estimate of drug-likeness (QED) is 0.844. The third-order valence-electron chi connectivity index (χ3n) is 2.77. The van der Waals surface area contributed by atoms with Crippen molar-refractivity contribution in [3.05, 3.63) is 35.7 Å². The van der Waals surface area contributed by atoms with Crippen molar-refractivity contribution in [2.75, 3.05) is 21.3 Å². The van der Waals surface area contributed by atoms with Gasteiger partial charge in [0.1, 0.15) is 5.75 Å². The van der Waals surface area contributed by atoms with Gasteiger partial charge in [-0.05, 0) is 24.3 Å². The summed E-state index contributed by atoms with van der Waals surface area (Å²) in [4.78, 5) is 24.0. The maximum absolute atomic E-state index is 12.0. The van der Waals surface area contributed by atoms with E-state index in [1.807, 2.05) is 0 Å². The minimum atomic E-state index is -0.249. The van der Waals surface area contributed by atoms with Crippen molar-refractivity contribution in [1.29, 1.82) is 0 Å². The highest BCUT2D eigenvalue weighted by molar-refractivity contribution is 5.94. The first kappa shape index (κ1) is 15.5. The van der Waals surface area contributed by atoms with E-state index in [0.717, 1.165) is 0 Å². The third-order valence-corrected chi connectivity index (χ3v) is 2.77. The van der Waals surface area contributed by atoms with E-state index in [1.54, 1.807) is 31.4 Å². The zero-order valence-electron chi connectivity index (χ0n) is 12.5. The maximum Gasteiger partial charge on any atom is 0.322 e. The molecule has 1 aromatic carbocycles. The smallest absolute Gasteiger partial charge is 0.322 e. The van der Waals surface area contributed by atoms with Gasteiger partial charge in [-0.1, -0.05) is 0 Å². The van der Waals surface area contributed by atoms with E-state index < -0.39 is 0 Å². The van der Waals surface area contributed by atoms with Crippen LogP contribution in [0.1, 0.15) is 16.2 Å². The fourth-order valence-corrected chi connectivity index (χ4v) is 1.64. The molecule has 0 saturated carbocycles. The number of aromatic nitrogens is 3. The van der Waals surface area contributed by atoms with E-state index in [-0.39, 0.29) is 24.5 Å². The number of carbonyl (C=O) groups is 1. The van der Waals surface area contributed by atoms with Crippen LogP contribution in [0.25, 0.3) is 0 Å². The summed E-state index contributed by atoms with van der Waals surface area (Å²) in [6.07, 6.45) is 0. The molecule has 8 nitrogen and oxygen atoms in total. The Morgan fingerprint density at radius 2 is 1.55 bits per heavy atom. The summed E-state index contributed by atoms with van der Waals surface area (Å²) < 4.78 is 14.9. The lowest BCUT2D eigenvalue weighted by molar-refractivity contribution is 0.0949. The number of nitrogens with zero attached hydrogens (tertiary/aromatic N) is 3. The van der Waals surface area contributed by atoms with E-state index in [2.05, 4.69) is 20.3 Å². The molecule has 0 bridgehead atoms. The molecular weight excluding hydrogens is 288 g/mol. The van der Waals surface area contributed by atoms with E-state index in [1.165, 1.54) is 14.2 Å². The number of rotatable bonds is 6. The Morgan fingerprint density at radius 1 is 0.955 bits per heavy atom. The van der Waals surface area contributed by atoms with Crippen molar-refractivity contribution in [2.24, 2.45) is 0 Å². The molecule has 1 heterocycles. The second-order valence-electron chi connectivity index (χ2n) is 4.14. The standard InChI is InChI=1S/C14H16N4O4/c1-20-10-6-4-9(5-7-10)12(19)15-8-11-16-13(21-2)18-14(17-11)22-3/h4-7H,8H2,1-3H3,(H,15,19). The molecule has 0 radical (unpaired) electrons. The molecule has 8 heteroatoms. The fraction of sp³-hybridized carbons (Fsp3) is 0.286. The molecule has 0 spiro atoms. The molecule has 116 valence electrons. The lowest BCUT2D eigenvalue weighted by Gasteiger charge is -2.07. The highest BCUT2D eigenvalue weighted by Crippen LogP contribution is 2.12. The second-order valence-corrected chi connectivity index (χ2v) is 4.14. The normalized spacial score (nSPS) is 9.95. The zero-order chi connectivity index (χ0) is 15.9. The second kappa shape index (κ2) is 7.21. The molecule has 1 amide bonds. The molecule has 0 atom stereocenters. The van der Waals surface area contributed by atoms with Crippen molar-refractivity contribution in [1.82, 2.24) is 20.3 Å². The Bertz CT molecular complexity index is 624. The van der Waals surface area contributed by atoms with Gasteiger partial charge in [0.2, 0.25) is 0 Å². The van der Waals surface area contributed by atoms with Crippen LogP contribution in [0.2, 0.25) is 0 Å². The van der Waals surface area contributed by atoms with Crippen LogP contribution < -0.4 is 19.5 Å². The molecule has 0 aliphatic heterocycles. The molecule has 0 aliphatic carbocycles. The SMILES string of the molecule is COc1ccc(C(=O)NCc2nc(OC)nc(OC)n2)cc1. The maximum atomic E-state index is 12.0. The molecular formula is C14H16N4O4. The van der Waals surface area contributed by atoms with Gasteiger partial charge in [-0.3, -0.25) is 4.79 Å². The van der Waals surface area contributed by atoms with Gasteiger partial charge in [0, 0.05) is 5.56 Å². The van der Waals surface area contributed by atoms with Gasteiger partial charge in [-0.15, -0.1) is 4.98 Å². The first-order valence-electron chi connectivity index (χ1n) is 6.41. The number of benzene rings is 1. The number of hydrogen-bond donors (Lipinski definition) is 1. The predicted molar refractivity (Wildman–Crippen MR) is 77.1 cm³/mol. The van der Waals surface area contributed by atoms with Crippen LogP contribution in [0.3, 0.4) is 0 Å². The minimum Gasteiger partial charge on any atom is -0.497 e. The molecule has 0 saturated heterocycles. The van der Waals surface area contributed by atoms with Crippen LogP contribution in [0.15, 0.2) is 24.3 Å². The summed E-state index contributed by atoms with van der Waals surface area (Å²) in [6, 6.07) is 7.01. The van der Waals surface area contributed by atoms with Gasteiger partial charge < -0.3 is 19.5 Å². The Balaban J connectivity index is 2.03. The molecule has 0 unspecified atom stereocenters. The van der Waals surface area contributed by atoms with Crippen molar-refractivity contribution < 1.29 is 19.0 Å². The highest BCUT2D eigenvalue weighted by Gasteiger charge is 2.10. The van der Waals surface area contributed by atoms with E-state index in [4.69, 9.17) is 14.2 Å². The lowest BCUT2D eigenvalue weighted by atomic mass is 10.2. The first-order valence-corrected chi connectivity index (χ1v) is 6.41. The predicted octanol–water partition coefficient (Wildman–Crippen LogP) is 0.827. The summed E-state index contributed by atoms with van der Waals surface area (Å²) in [5.41, 5.74) is 0.508. The largest absolute Gasteiger partial charge is 0.497 e. The molecule has 2 aromatic rings. The zero-order valence-corrected chi connectivity index (χ0v) is 12.5. The molecule has 1 aromatic heterocycles. The van der Waals surface area contributed by atoms with Crippen LogP contribution >= 0.6 is 0 Å². The van der Waals surface area contributed by atoms with Crippen LogP contribution in [0.5, 0.6) is 17.8 Å². The molecule has 2 rings (SSSR count). The minimum absolute atomic E-state index is 0.125. The molecule has 0 fully saturated rings. The number of carbonyl (C=O) groups excluding carboxylic acids is 1. The number of hydrogen-bond acceptors (Lipinski definition) is 7. The Labute approximate surface area is 127 Å². The summed E-state index contributed by atoms with van der Waals surface area (Å²) >= 11 is 0. The van der Waals surface area contributed by atoms with Crippen molar-refractivity contribution >= 4 is 5.91 Å². The fourth-order valence-electron chi connectivity index (χ4n) is 1.64. The summed E-state index contributed by atoms with van der Waals surface area (Å²) in [5, 5.41) is 2.71. The van der Waals surface area contributed by atoms with Crippen molar-refractivity contribution in [3.8, 4) is 17.8 Å². The van der Waals surface area contributed by atoms with Crippen molar-refractivity contribution in [3.63, 3.8) is 0 Å². The van der Waals surface area contributed by atoms with Gasteiger partial charge in [0.25, 0.3) is 5.91 Å². The number of amides is 1. The van der Waals surface area contributed by atoms with E-state index in [9.17, 15) is 4.79 Å². The number of methoxy groups -OCH3 is 3. The average molecular weight is 304 g/mol. The third kappa shape index (κ3) is 3.81. The number of ether oxygens (including phenoxy) is 3. The lowest BCUT2D eigenvalue weighted by Crippen LogP contribution is -2.24. The monoisotopic (exact) mass is 304 g/mol. The average Bonchev–Trinajstić information content (AvgIpc) is 2.59. The van der Waals surface area contributed by atoms with Gasteiger partial charge >= 0.3 is 12.0 Å². The van der Waals surface area contributed by atoms with E-state index >= 15 is 0 Å². The van der Waals surface area contributed by atoms with E-state index in [0.29, 0.717) is 17.1 Å². The van der Waals surface area contributed by atoms with Crippen molar-refractivity contribution in [2.45, 2.75) is 6.54 Å². The van der Waals surface area contributed by atoms with Crippen LogP contribution in [-0.2, 0) is 6.54 Å². The Hall–Kier alpha value is -2.90. The molecule has 22 heavy (non-hydrogen) atoms. The van der Waals surface area contributed by atoms with Gasteiger partial charge in [-0.2, -0.15) is 9.97 Å². The summed E-state index contributed by atoms with van der Waals surface area (Å²) in [6.45, 7) is 0.125. The topological polar surface area (TPSA) is 95.5 Å². The summed E-state index contributed by atoms with van der Waals surface area (Å²) in [7, 11) is 4.44. The summed E-state index contributed by atoms with van der Waals surface area (Å²) in [5.74, 6) is 0.773. The van der Waals surface area contributed by atoms with Gasteiger partial charge in [0.05, 0.1) is 27.9 Å². The highest BCUT2D eigenvalue weighted by atomic mass is 16.5. The van der Waals surface area contributed by atoms with Gasteiger partial charge in [-0.25, -0.2) is 0 Å².